The third-order valence-electron chi connectivity index (χ3n) is 6.86. The monoisotopic (exact) mass is 448 g/mol. The Balaban J connectivity index is 1.42. The van der Waals surface area contributed by atoms with Crippen LogP contribution in [0.25, 0.3) is 0 Å². The molecule has 1 atom stereocenters. The first-order chi connectivity index (χ1) is 14.7. The van der Waals surface area contributed by atoms with Gasteiger partial charge in [-0.15, -0.1) is 0 Å². The van der Waals surface area contributed by atoms with Crippen LogP contribution in [0.4, 0.5) is 5.69 Å². The van der Waals surface area contributed by atoms with Crippen molar-refractivity contribution >= 4 is 27.5 Å². The van der Waals surface area contributed by atoms with Gasteiger partial charge in [0, 0.05) is 63.8 Å². The molecule has 4 rings (SSSR count). The Labute approximate surface area is 184 Å². The van der Waals surface area contributed by atoms with Crippen molar-refractivity contribution in [2.75, 3.05) is 51.2 Å². The highest BCUT2D eigenvalue weighted by Crippen LogP contribution is 2.35. The number of piperazine rings is 1. The zero-order valence-corrected chi connectivity index (χ0v) is 19.4. The van der Waals surface area contributed by atoms with Gasteiger partial charge in [0.05, 0.1) is 4.90 Å². The lowest BCUT2D eigenvalue weighted by atomic mass is 9.96. The molecule has 0 aromatic heterocycles. The molecule has 2 saturated heterocycles. The van der Waals surface area contributed by atoms with Crippen LogP contribution in [0.3, 0.4) is 0 Å². The summed E-state index contributed by atoms with van der Waals surface area (Å²) in [4.78, 5) is 30.9. The van der Waals surface area contributed by atoms with Crippen LogP contribution >= 0.6 is 0 Å². The van der Waals surface area contributed by atoms with Gasteiger partial charge in [-0.05, 0) is 57.0 Å². The van der Waals surface area contributed by atoms with Gasteiger partial charge >= 0.3 is 0 Å². The van der Waals surface area contributed by atoms with Crippen molar-refractivity contribution in [1.29, 1.82) is 0 Å². The third-order valence-corrected chi connectivity index (χ3v) is 8.76. The Morgan fingerprint density at radius 2 is 1.65 bits per heavy atom. The van der Waals surface area contributed by atoms with Crippen LogP contribution in [0, 0.1) is 5.92 Å². The fourth-order valence-corrected chi connectivity index (χ4v) is 6.55. The Hall–Kier alpha value is -1.97. The second kappa shape index (κ2) is 8.52. The standard InChI is InChI=1S/C22H32N4O4S/c1-16-14-19-15-20(4-5-21(19)26(16)17(2)27)31(29,30)25-8-6-18(7-9-25)22(28)24-12-10-23(3)11-13-24/h4-5,15-16,18H,6-14H2,1-3H3. The molecule has 2 fully saturated rings. The van der Waals surface area contributed by atoms with Gasteiger partial charge in [-0.1, -0.05) is 0 Å². The Morgan fingerprint density at radius 1 is 1.00 bits per heavy atom. The van der Waals surface area contributed by atoms with E-state index in [4.69, 9.17) is 0 Å². The molecular formula is C22H32N4O4S. The molecule has 3 aliphatic rings. The van der Waals surface area contributed by atoms with Crippen LogP contribution in [-0.2, 0) is 26.0 Å². The number of carbonyl (C=O) groups excluding carboxylic acids is 2. The SMILES string of the molecule is CC(=O)N1c2ccc(S(=O)(=O)N3CCC(C(=O)N4CCN(C)CC4)CC3)cc2CC1C. The molecule has 0 radical (unpaired) electrons. The number of carbonyl (C=O) groups is 2. The van der Waals surface area contributed by atoms with E-state index < -0.39 is 10.0 Å². The average molecular weight is 449 g/mol. The highest BCUT2D eigenvalue weighted by Gasteiger charge is 2.36. The zero-order valence-electron chi connectivity index (χ0n) is 18.6. The van der Waals surface area contributed by atoms with E-state index >= 15 is 0 Å². The van der Waals surface area contributed by atoms with E-state index in [0.29, 0.717) is 32.4 Å². The molecular weight excluding hydrogens is 416 g/mol. The second-order valence-electron chi connectivity index (χ2n) is 9.04. The fraction of sp³-hybridized carbons (Fsp3) is 0.636. The van der Waals surface area contributed by atoms with Gasteiger partial charge in [-0.25, -0.2) is 8.42 Å². The minimum atomic E-state index is -3.62. The Bertz CT molecular complexity index is 964. The number of amides is 2. The number of sulfonamides is 1. The lowest BCUT2D eigenvalue weighted by Crippen LogP contribution is -2.50. The van der Waals surface area contributed by atoms with Crippen molar-refractivity contribution in [1.82, 2.24) is 14.1 Å². The molecule has 8 nitrogen and oxygen atoms in total. The quantitative estimate of drug-likeness (QED) is 0.693. The molecule has 1 aromatic carbocycles. The number of benzene rings is 1. The van der Waals surface area contributed by atoms with E-state index in [1.807, 2.05) is 11.8 Å². The number of rotatable bonds is 3. The van der Waals surface area contributed by atoms with E-state index in [2.05, 4.69) is 11.9 Å². The summed E-state index contributed by atoms with van der Waals surface area (Å²) >= 11 is 0. The van der Waals surface area contributed by atoms with Crippen LogP contribution in [0.5, 0.6) is 0 Å². The van der Waals surface area contributed by atoms with Gasteiger partial charge in [-0.2, -0.15) is 4.31 Å². The fourth-order valence-electron chi connectivity index (χ4n) is 5.03. The summed E-state index contributed by atoms with van der Waals surface area (Å²) in [6, 6.07) is 5.09. The molecule has 31 heavy (non-hydrogen) atoms. The highest BCUT2D eigenvalue weighted by molar-refractivity contribution is 7.89. The maximum atomic E-state index is 13.2. The molecule has 3 heterocycles. The Morgan fingerprint density at radius 3 is 2.26 bits per heavy atom. The van der Waals surface area contributed by atoms with Crippen LogP contribution in [0.2, 0.25) is 0 Å². The molecule has 0 saturated carbocycles. The van der Waals surface area contributed by atoms with Crippen LogP contribution < -0.4 is 4.90 Å². The summed E-state index contributed by atoms with van der Waals surface area (Å²) in [5, 5.41) is 0. The number of hydrogen-bond acceptors (Lipinski definition) is 5. The zero-order chi connectivity index (χ0) is 22.3. The smallest absolute Gasteiger partial charge is 0.243 e. The van der Waals surface area contributed by atoms with Gasteiger partial charge in [-0.3, -0.25) is 9.59 Å². The molecule has 2 amide bonds. The van der Waals surface area contributed by atoms with E-state index in [1.165, 1.54) is 11.2 Å². The number of anilines is 1. The predicted molar refractivity (Wildman–Crippen MR) is 118 cm³/mol. The molecule has 3 aliphatic heterocycles. The number of hydrogen-bond donors (Lipinski definition) is 0. The molecule has 0 bridgehead atoms. The van der Waals surface area contributed by atoms with Crippen molar-refractivity contribution in [3.05, 3.63) is 23.8 Å². The maximum absolute atomic E-state index is 13.2. The number of fused-ring (bicyclic) bond motifs is 1. The molecule has 170 valence electrons. The lowest BCUT2D eigenvalue weighted by molar-refractivity contribution is -0.138. The summed E-state index contributed by atoms with van der Waals surface area (Å²) in [5.41, 5.74) is 1.69. The van der Waals surface area contributed by atoms with Gasteiger partial charge in [0.15, 0.2) is 0 Å². The predicted octanol–water partition coefficient (Wildman–Crippen LogP) is 1.16. The molecule has 0 N–H and O–H groups in total. The normalized spacial score (nSPS) is 23.8. The van der Waals surface area contributed by atoms with Crippen LogP contribution in [0.15, 0.2) is 23.1 Å². The van der Waals surface area contributed by atoms with Crippen molar-refractivity contribution in [3.63, 3.8) is 0 Å². The van der Waals surface area contributed by atoms with Crippen LogP contribution in [0.1, 0.15) is 32.3 Å². The first-order valence-electron chi connectivity index (χ1n) is 11.1. The first kappa shape index (κ1) is 22.2. The van der Waals surface area contributed by atoms with Gasteiger partial charge < -0.3 is 14.7 Å². The van der Waals surface area contributed by atoms with Crippen molar-refractivity contribution in [3.8, 4) is 0 Å². The minimum Gasteiger partial charge on any atom is -0.340 e. The van der Waals surface area contributed by atoms with Gasteiger partial charge in [0.25, 0.3) is 0 Å². The minimum absolute atomic E-state index is 0.0294. The van der Waals surface area contributed by atoms with E-state index in [-0.39, 0.29) is 28.7 Å². The topological polar surface area (TPSA) is 81.2 Å². The summed E-state index contributed by atoms with van der Waals surface area (Å²) in [7, 11) is -1.56. The number of piperidine rings is 1. The average Bonchev–Trinajstić information content (AvgIpc) is 3.09. The molecule has 9 heteroatoms. The molecule has 1 unspecified atom stereocenters. The largest absolute Gasteiger partial charge is 0.340 e. The number of nitrogens with zero attached hydrogens (tertiary/aromatic N) is 4. The van der Waals surface area contributed by atoms with Crippen molar-refractivity contribution in [2.45, 2.75) is 44.0 Å². The van der Waals surface area contributed by atoms with Crippen LogP contribution in [-0.4, -0.2) is 86.7 Å². The highest BCUT2D eigenvalue weighted by atomic mass is 32.2. The van der Waals surface area contributed by atoms with Crippen molar-refractivity contribution in [2.24, 2.45) is 5.92 Å². The van der Waals surface area contributed by atoms with E-state index in [0.717, 1.165) is 37.4 Å². The molecule has 0 spiro atoms. The Kier molecular flexibility index (Phi) is 6.11. The van der Waals surface area contributed by atoms with E-state index in [9.17, 15) is 18.0 Å². The second-order valence-corrected chi connectivity index (χ2v) is 11.0. The van der Waals surface area contributed by atoms with E-state index in [1.54, 1.807) is 23.1 Å². The summed E-state index contributed by atoms with van der Waals surface area (Å²) in [6.45, 7) is 7.49. The third kappa shape index (κ3) is 4.23. The summed E-state index contributed by atoms with van der Waals surface area (Å²) < 4.78 is 28.0. The van der Waals surface area contributed by atoms with Gasteiger partial charge in [0.2, 0.25) is 21.8 Å². The summed E-state index contributed by atoms with van der Waals surface area (Å²) in [5.74, 6) is 0.0368. The molecule has 1 aromatic rings. The first-order valence-corrected chi connectivity index (χ1v) is 12.5. The maximum Gasteiger partial charge on any atom is 0.243 e. The summed E-state index contributed by atoms with van der Waals surface area (Å²) in [6.07, 6.45) is 1.77. The van der Waals surface area contributed by atoms with Gasteiger partial charge in [0.1, 0.15) is 0 Å². The molecule has 0 aliphatic carbocycles. The van der Waals surface area contributed by atoms with Crippen molar-refractivity contribution < 1.29 is 18.0 Å². The lowest BCUT2D eigenvalue weighted by Gasteiger charge is -2.37. The number of likely N-dealkylation sites (N-methyl/N-ethyl adjacent to an activating group) is 1.